The molecule has 1 N–H and O–H groups in total. The van der Waals surface area contributed by atoms with Crippen molar-refractivity contribution in [3.8, 4) is 0 Å². The zero-order valence-electron chi connectivity index (χ0n) is 12.1. The number of hydrazone groups is 1. The van der Waals surface area contributed by atoms with Crippen LogP contribution in [0.5, 0.6) is 0 Å². The van der Waals surface area contributed by atoms with Crippen LogP contribution in [0.25, 0.3) is 0 Å². The Labute approximate surface area is 123 Å². The van der Waals surface area contributed by atoms with Gasteiger partial charge in [0.25, 0.3) is 5.91 Å². The number of amides is 2. The van der Waals surface area contributed by atoms with E-state index in [2.05, 4.69) is 5.10 Å². The van der Waals surface area contributed by atoms with Crippen molar-refractivity contribution in [2.75, 3.05) is 39.8 Å². The van der Waals surface area contributed by atoms with Crippen LogP contribution in [0.2, 0.25) is 0 Å². The summed E-state index contributed by atoms with van der Waals surface area (Å²) in [5, 5.41) is 14.1. The van der Waals surface area contributed by atoms with Gasteiger partial charge < -0.3 is 10.0 Å². The number of rotatable bonds is 3. The fraction of sp³-hybridized carbons (Fsp3) is 0.692. The molecule has 0 aromatic rings. The summed E-state index contributed by atoms with van der Waals surface area (Å²) in [5.41, 5.74) is 0.406. The van der Waals surface area contributed by atoms with Crippen LogP contribution in [-0.2, 0) is 14.4 Å². The van der Waals surface area contributed by atoms with Crippen LogP contribution in [-0.4, -0.2) is 83.2 Å². The quantitative estimate of drug-likeness (QED) is 0.737. The molecule has 8 heteroatoms. The first-order valence-electron chi connectivity index (χ1n) is 7.05. The van der Waals surface area contributed by atoms with E-state index in [1.807, 2.05) is 4.90 Å². The minimum Gasteiger partial charge on any atom is -0.480 e. The van der Waals surface area contributed by atoms with Crippen molar-refractivity contribution in [1.82, 2.24) is 14.8 Å². The Hall–Kier alpha value is -1.96. The highest BCUT2D eigenvalue weighted by Gasteiger charge is 2.27. The second-order valence-corrected chi connectivity index (χ2v) is 5.28. The zero-order chi connectivity index (χ0) is 15.4. The van der Waals surface area contributed by atoms with Gasteiger partial charge in [-0.1, -0.05) is 0 Å². The first-order valence-corrected chi connectivity index (χ1v) is 7.05. The summed E-state index contributed by atoms with van der Waals surface area (Å²) in [6.45, 7) is 2.29. The normalized spacial score (nSPS) is 21.0. The molecule has 21 heavy (non-hydrogen) atoms. The summed E-state index contributed by atoms with van der Waals surface area (Å²) in [6, 6.07) is 0. The van der Waals surface area contributed by atoms with Gasteiger partial charge in [-0.3, -0.25) is 19.3 Å². The number of hydrogen-bond donors (Lipinski definition) is 1. The second-order valence-electron chi connectivity index (χ2n) is 5.28. The molecule has 116 valence electrons. The molecule has 0 radical (unpaired) electrons. The average molecular weight is 296 g/mol. The van der Waals surface area contributed by atoms with Crippen molar-refractivity contribution in [2.45, 2.75) is 19.3 Å². The Morgan fingerprint density at radius 3 is 2.62 bits per heavy atom. The number of carbonyl (C=O) groups is 3. The first kappa shape index (κ1) is 15.4. The van der Waals surface area contributed by atoms with E-state index in [1.54, 1.807) is 11.9 Å². The van der Waals surface area contributed by atoms with Crippen molar-refractivity contribution in [2.24, 2.45) is 5.10 Å². The summed E-state index contributed by atoms with van der Waals surface area (Å²) in [5.74, 6) is -1.09. The monoisotopic (exact) mass is 296 g/mol. The predicted octanol–water partition coefficient (Wildman–Crippen LogP) is -0.786. The maximum Gasteiger partial charge on any atom is 0.317 e. The summed E-state index contributed by atoms with van der Waals surface area (Å²) in [4.78, 5) is 38.0. The minimum atomic E-state index is -0.855. The maximum atomic E-state index is 12.4. The van der Waals surface area contributed by atoms with Crippen molar-refractivity contribution >= 4 is 23.5 Å². The molecule has 2 rings (SSSR count). The molecular formula is C13H20N4O4. The lowest BCUT2D eigenvalue weighted by Crippen LogP contribution is -2.42. The molecular weight excluding hydrogens is 276 g/mol. The van der Waals surface area contributed by atoms with Gasteiger partial charge in [-0.15, -0.1) is 0 Å². The molecule has 0 aliphatic carbocycles. The van der Waals surface area contributed by atoms with E-state index in [0.29, 0.717) is 44.7 Å². The van der Waals surface area contributed by atoms with E-state index in [9.17, 15) is 14.4 Å². The third kappa shape index (κ3) is 4.01. The molecule has 0 aromatic heterocycles. The molecule has 2 heterocycles. The van der Waals surface area contributed by atoms with Gasteiger partial charge in [-0.2, -0.15) is 5.10 Å². The van der Waals surface area contributed by atoms with Crippen LogP contribution in [0.4, 0.5) is 0 Å². The van der Waals surface area contributed by atoms with Crippen LogP contribution in [0, 0.1) is 0 Å². The van der Waals surface area contributed by atoms with E-state index < -0.39 is 5.97 Å². The molecule has 8 nitrogen and oxygen atoms in total. The molecule has 2 aliphatic rings. The number of carbonyl (C=O) groups excluding carboxylic acids is 2. The van der Waals surface area contributed by atoms with Crippen LogP contribution in [0.15, 0.2) is 5.10 Å². The van der Waals surface area contributed by atoms with Crippen molar-refractivity contribution in [3.63, 3.8) is 0 Å². The lowest BCUT2D eigenvalue weighted by atomic mass is 10.1. The lowest BCUT2D eigenvalue weighted by molar-refractivity contribution is -0.138. The molecule has 1 fully saturated rings. The third-order valence-corrected chi connectivity index (χ3v) is 3.69. The molecule has 0 spiro atoms. The Balaban J connectivity index is 1.96. The van der Waals surface area contributed by atoms with Gasteiger partial charge in [-0.05, 0) is 6.42 Å². The highest BCUT2D eigenvalue weighted by Crippen LogP contribution is 2.11. The first-order chi connectivity index (χ1) is 9.97. The highest BCUT2D eigenvalue weighted by atomic mass is 16.4. The van der Waals surface area contributed by atoms with Crippen LogP contribution >= 0.6 is 0 Å². The molecule has 2 amide bonds. The van der Waals surface area contributed by atoms with E-state index >= 15 is 0 Å². The van der Waals surface area contributed by atoms with Gasteiger partial charge in [0.05, 0.1) is 6.54 Å². The largest absolute Gasteiger partial charge is 0.480 e. The zero-order valence-corrected chi connectivity index (χ0v) is 12.1. The summed E-state index contributed by atoms with van der Waals surface area (Å²) >= 11 is 0. The van der Waals surface area contributed by atoms with Crippen molar-refractivity contribution in [3.05, 3.63) is 0 Å². The Morgan fingerprint density at radius 2 is 1.95 bits per heavy atom. The molecule has 0 bridgehead atoms. The smallest absolute Gasteiger partial charge is 0.317 e. The van der Waals surface area contributed by atoms with Crippen molar-refractivity contribution in [1.29, 1.82) is 0 Å². The number of aliphatic carboxylic acids is 1. The van der Waals surface area contributed by atoms with Gasteiger partial charge in [-0.25, -0.2) is 5.01 Å². The molecule has 0 atom stereocenters. The van der Waals surface area contributed by atoms with Crippen LogP contribution < -0.4 is 0 Å². The molecule has 0 aromatic carbocycles. The van der Waals surface area contributed by atoms with Gasteiger partial charge in [0, 0.05) is 46.1 Å². The lowest BCUT2D eigenvalue weighted by Gasteiger charge is -2.25. The standard InChI is InChI=1S/C13H20N4O4/c1-15-11(18)4-3-10(14-15)13(21)17-6-2-5-16(7-8-17)9-12(19)20/h2-9H2,1H3,(H,19,20). The SMILES string of the molecule is CN1N=C(C(=O)N2CCCN(CC(=O)O)CC2)CCC1=O. The van der Waals surface area contributed by atoms with E-state index in [4.69, 9.17) is 5.11 Å². The fourth-order valence-corrected chi connectivity index (χ4v) is 2.53. The Bertz CT molecular complexity index is 477. The third-order valence-electron chi connectivity index (χ3n) is 3.69. The van der Waals surface area contributed by atoms with Gasteiger partial charge in [0.15, 0.2) is 0 Å². The number of carboxylic acids is 1. The van der Waals surface area contributed by atoms with E-state index in [0.717, 1.165) is 6.42 Å². The van der Waals surface area contributed by atoms with Gasteiger partial charge in [0.2, 0.25) is 5.91 Å². The Kier molecular flexibility index (Phi) is 4.89. The van der Waals surface area contributed by atoms with E-state index in [1.165, 1.54) is 5.01 Å². The van der Waals surface area contributed by atoms with Crippen molar-refractivity contribution < 1.29 is 19.5 Å². The molecule has 0 unspecified atom stereocenters. The number of hydrogen-bond acceptors (Lipinski definition) is 5. The highest BCUT2D eigenvalue weighted by molar-refractivity contribution is 6.39. The molecule has 0 saturated carbocycles. The summed E-state index contributed by atoms with van der Waals surface area (Å²) in [7, 11) is 1.55. The summed E-state index contributed by atoms with van der Waals surface area (Å²) in [6.07, 6.45) is 1.42. The number of nitrogens with zero attached hydrogens (tertiary/aromatic N) is 4. The molecule has 1 saturated heterocycles. The topological polar surface area (TPSA) is 93.5 Å². The maximum absolute atomic E-state index is 12.4. The second kappa shape index (κ2) is 6.66. The predicted molar refractivity (Wildman–Crippen MR) is 74.7 cm³/mol. The van der Waals surface area contributed by atoms with Crippen LogP contribution in [0.1, 0.15) is 19.3 Å². The Morgan fingerprint density at radius 1 is 1.19 bits per heavy atom. The average Bonchev–Trinajstić information content (AvgIpc) is 2.66. The summed E-state index contributed by atoms with van der Waals surface area (Å²) < 4.78 is 0. The minimum absolute atomic E-state index is 0.000215. The van der Waals surface area contributed by atoms with Gasteiger partial charge in [0.1, 0.15) is 5.71 Å². The van der Waals surface area contributed by atoms with E-state index in [-0.39, 0.29) is 18.4 Å². The fourth-order valence-electron chi connectivity index (χ4n) is 2.53. The number of carboxylic acid groups (broad SMARTS) is 1. The van der Waals surface area contributed by atoms with Gasteiger partial charge >= 0.3 is 5.97 Å². The van der Waals surface area contributed by atoms with Crippen LogP contribution in [0.3, 0.4) is 0 Å². The molecule has 2 aliphatic heterocycles.